The molecule has 0 saturated heterocycles. The predicted molar refractivity (Wildman–Crippen MR) is 116 cm³/mol. The highest BCUT2D eigenvalue weighted by Crippen LogP contribution is 2.37. The SMILES string of the molecule is NC(=O)c1ccc(Cl)c(Cl)c1-c1ccc(Nc2ccnc3[nH]c(=O)ccc23)cc1. The van der Waals surface area contributed by atoms with Crippen molar-refractivity contribution in [2.24, 2.45) is 5.73 Å². The fraction of sp³-hybridized carbons (Fsp3) is 0. The molecule has 0 atom stereocenters. The number of aromatic nitrogens is 2. The average molecular weight is 425 g/mol. The zero-order chi connectivity index (χ0) is 20.5. The van der Waals surface area contributed by atoms with Crippen LogP contribution in [0, 0.1) is 0 Å². The van der Waals surface area contributed by atoms with E-state index in [0.29, 0.717) is 27.4 Å². The number of amides is 1. The van der Waals surface area contributed by atoms with Gasteiger partial charge in [-0.2, -0.15) is 0 Å². The summed E-state index contributed by atoms with van der Waals surface area (Å²) in [4.78, 5) is 30.1. The first-order chi connectivity index (χ1) is 13.9. The third-order valence-electron chi connectivity index (χ3n) is 4.45. The number of nitrogens with zero attached hydrogens (tertiary/aromatic N) is 1. The standard InChI is InChI=1S/C21H14Cl2N4O2/c22-15-7-5-14(20(24)29)18(19(15)23)11-1-3-12(4-2-11)26-16-9-10-25-21-13(16)6-8-17(28)27-21/h1-10H,(H2,24,29)(H2,25,26,27,28). The molecule has 1 amide bonds. The maximum atomic E-state index is 11.8. The second kappa shape index (κ2) is 7.58. The van der Waals surface area contributed by atoms with Gasteiger partial charge in [0.05, 0.1) is 15.7 Å². The smallest absolute Gasteiger partial charge is 0.249 e. The second-order valence-electron chi connectivity index (χ2n) is 6.29. The second-order valence-corrected chi connectivity index (χ2v) is 7.08. The minimum Gasteiger partial charge on any atom is -0.366 e. The molecule has 2 aromatic heterocycles. The van der Waals surface area contributed by atoms with Crippen LogP contribution in [0.5, 0.6) is 0 Å². The van der Waals surface area contributed by atoms with E-state index in [-0.39, 0.29) is 10.6 Å². The molecule has 29 heavy (non-hydrogen) atoms. The van der Waals surface area contributed by atoms with Gasteiger partial charge in [0.2, 0.25) is 11.5 Å². The van der Waals surface area contributed by atoms with Crippen molar-refractivity contribution in [3.05, 3.63) is 86.8 Å². The normalized spacial score (nSPS) is 10.8. The van der Waals surface area contributed by atoms with Gasteiger partial charge in [0, 0.05) is 34.5 Å². The number of anilines is 2. The molecule has 6 nitrogen and oxygen atoms in total. The fourth-order valence-electron chi connectivity index (χ4n) is 3.08. The first-order valence-electron chi connectivity index (χ1n) is 8.57. The van der Waals surface area contributed by atoms with Crippen LogP contribution in [0.1, 0.15) is 10.4 Å². The molecule has 0 bridgehead atoms. The summed E-state index contributed by atoms with van der Waals surface area (Å²) >= 11 is 12.5. The fourth-order valence-corrected chi connectivity index (χ4v) is 3.51. The van der Waals surface area contributed by atoms with Gasteiger partial charge < -0.3 is 16.0 Å². The first-order valence-corrected chi connectivity index (χ1v) is 9.33. The third kappa shape index (κ3) is 3.68. The molecular weight excluding hydrogens is 411 g/mol. The van der Waals surface area contributed by atoms with Gasteiger partial charge in [0.25, 0.3) is 0 Å². The number of hydrogen-bond donors (Lipinski definition) is 3. The van der Waals surface area contributed by atoms with E-state index in [9.17, 15) is 9.59 Å². The van der Waals surface area contributed by atoms with Gasteiger partial charge in [0.15, 0.2) is 0 Å². The molecule has 4 aromatic rings. The average Bonchev–Trinajstić information content (AvgIpc) is 2.70. The number of nitrogens with two attached hydrogens (primary N) is 1. The minimum atomic E-state index is -0.585. The quantitative estimate of drug-likeness (QED) is 0.440. The molecule has 0 aliphatic carbocycles. The summed E-state index contributed by atoms with van der Waals surface area (Å²) in [6.07, 6.45) is 1.61. The highest BCUT2D eigenvalue weighted by molar-refractivity contribution is 6.44. The Morgan fingerprint density at radius 1 is 1.00 bits per heavy atom. The highest BCUT2D eigenvalue weighted by Gasteiger charge is 2.16. The molecule has 0 spiro atoms. The maximum absolute atomic E-state index is 11.8. The van der Waals surface area contributed by atoms with Crippen molar-refractivity contribution in [2.45, 2.75) is 0 Å². The molecule has 4 N–H and O–H groups in total. The van der Waals surface area contributed by atoms with E-state index in [4.69, 9.17) is 28.9 Å². The summed E-state index contributed by atoms with van der Waals surface area (Å²) < 4.78 is 0. The Morgan fingerprint density at radius 3 is 2.48 bits per heavy atom. The van der Waals surface area contributed by atoms with Crippen molar-refractivity contribution in [1.29, 1.82) is 0 Å². The van der Waals surface area contributed by atoms with Crippen LogP contribution >= 0.6 is 23.2 Å². The Morgan fingerprint density at radius 2 is 1.76 bits per heavy atom. The number of primary amides is 1. The Balaban J connectivity index is 1.71. The Labute approximate surface area is 175 Å². The summed E-state index contributed by atoms with van der Waals surface area (Å²) in [7, 11) is 0. The van der Waals surface area contributed by atoms with Gasteiger partial charge in [-0.25, -0.2) is 4.98 Å². The van der Waals surface area contributed by atoms with Crippen molar-refractivity contribution in [1.82, 2.24) is 9.97 Å². The highest BCUT2D eigenvalue weighted by atomic mass is 35.5. The number of H-pyrrole nitrogens is 1. The summed E-state index contributed by atoms with van der Waals surface area (Å²) in [6, 6.07) is 15.4. The lowest BCUT2D eigenvalue weighted by Gasteiger charge is -2.13. The molecule has 0 aliphatic rings. The molecule has 4 rings (SSSR count). The number of pyridine rings is 2. The first kappa shape index (κ1) is 19.0. The third-order valence-corrected chi connectivity index (χ3v) is 5.25. The lowest BCUT2D eigenvalue weighted by molar-refractivity contribution is 0.100. The van der Waals surface area contributed by atoms with Gasteiger partial charge in [-0.3, -0.25) is 9.59 Å². The number of carbonyl (C=O) groups excluding carboxylic acids is 1. The summed E-state index contributed by atoms with van der Waals surface area (Å²) in [5, 5.41) is 4.69. The Hall–Kier alpha value is -3.35. The molecule has 144 valence electrons. The number of hydrogen-bond acceptors (Lipinski definition) is 4. The van der Waals surface area contributed by atoms with Crippen LogP contribution in [0.2, 0.25) is 10.0 Å². The van der Waals surface area contributed by atoms with Gasteiger partial charge in [-0.15, -0.1) is 0 Å². The molecule has 0 saturated carbocycles. The molecule has 0 unspecified atom stereocenters. The van der Waals surface area contributed by atoms with Crippen LogP contribution in [0.15, 0.2) is 65.6 Å². The molecule has 0 fully saturated rings. The minimum absolute atomic E-state index is 0.213. The number of benzene rings is 2. The summed E-state index contributed by atoms with van der Waals surface area (Å²) in [5.74, 6) is -0.585. The summed E-state index contributed by atoms with van der Waals surface area (Å²) in [6.45, 7) is 0. The van der Waals surface area contributed by atoms with Gasteiger partial charge in [0.1, 0.15) is 5.65 Å². The van der Waals surface area contributed by atoms with Crippen LogP contribution < -0.4 is 16.6 Å². The van der Waals surface area contributed by atoms with Gasteiger partial charge >= 0.3 is 0 Å². The van der Waals surface area contributed by atoms with Crippen molar-refractivity contribution >= 4 is 51.5 Å². The van der Waals surface area contributed by atoms with Crippen molar-refractivity contribution < 1.29 is 4.79 Å². The number of rotatable bonds is 4. The zero-order valence-electron chi connectivity index (χ0n) is 14.9. The van der Waals surface area contributed by atoms with E-state index in [1.165, 1.54) is 6.07 Å². The van der Waals surface area contributed by atoms with E-state index in [1.54, 1.807) is 24.4 Å². The summed E-state index contributed by atoms with van der Waals surface area (Å²) in [5.41, 5.74) is 8.85. The van der Waals surface area contributed by atoms with E-state index in [0.717, 1.165) is 16.8 Å². The number of halogens is 2. The van der Waals surface area contributed by atoms with E-state index < -0.39 is 5.91 Å². The molecule has 8 heteroatoms. The van der Waals surface area contributed by atoms with E-state index >= 15 is 0 Å². The Kier molecular flexibility index (Phi) is 4.96. The van der Waals surface area contributed by atoms with Crippen LogP contribution in [0.4, 0.5) is 11.4 Å². The zero-order valence-corrected chi connectivity index (χ0v) is 16.4. The van der Waals surface area contributed by atoms with Crippen LogP contribution in [0.3, 0.4) is 0 Å². The molecule has 0 aliphatic heterocycles. The lowest BCUT2D eigenvalue weighted by atomic mass is 9.99. The molecular formula is C21H14Cl2N4O2. The van der Waals surface area contributed by atoms with E-state index in [2.05, 4.69) is 15.3 Å². The van der Waals surface area contributed by atoms with Crippen LogP contribution in [0.25, 0.3) is 22.2 Å². The lowest BCUT2D eigenvalue weighted by Crippen LogP contribution is -2.12. The monoisotopic (exact) mass is 424 g/mol. The van der Waals surface area contributed by atoms with E-state index in [1.807, 2.05) is 30.3 Å². The van der Waals surface area contributed by atoms with Crippen molar-refractivity contribution in [2.75, 3.05) is 5.32 Å². The molecule has 2 aromatic carbocycles. The van der Waals surface area contributed by atoms with Gasteiger partial charge in [-0.1, -0.05) is 35.3 Å². The Bertz CT molecular complexity index is 1300. The number of nitrogens with one attached hydrogen (secondary N) is 2. The number of fused-ring (bicyclic) bond motifs is 1. The van der Waals surface area contributed by atoms with Crippen LogP contribution in [-0.4, -0.2) is 15.9 Å². The number of carbonyl (C=O) groups is 1. The van der Waals surface area contributed by atoms with Crippen molar-refractivity contribution in [3.8, 4) is 11.1 Å². The molecule has 0 radical (unpaired) electrons. The largest absolute Gasteiger partial charge is 0.366 e. The maximum Gasteiger partial charge on any atom is 0.249 e. The predicted octanol–water partition coefficient (Wildman–Crippen LogP) is 4.74. The number of aromatic amines is 1. The van der Waals surface area contributed by atoms with Crippen LogP contribution in [-0.2, 0) is 0 Å². The topological polar surface area (TPSA) is 101 Å². The molecule has 2 heterocycles. The van der Waals surface area contributed by atoms with Crippen molar-refractivity contribution in [3.63, 3.8) is 0 Å². The van der Waals surface area contributed by atoms with Gasteiger partial charge in [-0.05, 0) is 42.0 Å².